The minimum atomic E-state index is -3.30. The summed E-state index contributed by atoms with van der Waals surface area (Å²) in [5, 5.41) is 0.648. The predicted molar refractivity (Wildman–Crippen MR) is 85.4 cm³/mol. The Morgan fingerprint density at radius 3 is 2.67 bits per heavy atom. The molecule has 2 unspecified atom stereocenters. The zero-order chi connectivity index (χ0) is 15.5. The summed E-state index contributed by atoms with van der Waals surface area (Å²) in [7, 11) is -3.30. The van der Waals surface area contributed by atoms with Crippen LogP contribution in [0.1, 0.15) is 18.6 Å². The van der Waals surface area contributed by atoms with Gasteiger partial charge in [-0.25, -0.2) is 8.42 Å². The monoisotopic (exact) mass is 351 g/mol. The lowest BCUT2D eigenvalue weighted by Gasteiger charge is -2.33. The summed E-state index contributed by atoms with van der Waals surface area (Å²) in [5.74, 6) is 0.349. The molecule has 1 fully saturated rings. The van der Waals surface area contributed by atoms with E-state index in [-0.39, 0.29) is 17.8 Å². The highest BCUT2D eigenvalue weighted by molar-refractivity contribution is 7.89. The standard InChI is InChI=1S/C14H19Cl2NO3S/c1-11(8-15)10-21(18,19)17-6-7-20-14(9-17)12-2-4-13(16)5-3-12/h2-5,11,14H,6-10H2,1H3. The van der Waals surface area contributed by atoms with Crippen LogP contribution in [-0.4, -0.2) is 44.1 Å². The van der Waals surface area contributed by atoms with Gasteiger partial charge < -0.3 is 4.74 Å². The lowest BCUT2D eigenvalue weighted by atomic mass is 10.1. The zero-order valence-corrected chi connectivity index (χ0v) is 14.2. The van der Waals surface area contributed by atoms with Gasteiger partial charge >= 0.3 is 0 Å². The van der Waals surface area contributed by atoms with Crippen LogP contribution < -0.4 is 0 Å². The minimum absolute atomic E-state index is 0.0616. The second kappa shape index (κ2) is 7.29. The first-order valence-electron chi connectivity index (χ1n) is 6.83. The molecule has 2 rings (SSSR count). The summed E-state index contributed by atoms with van der Waals surface area (Å²) < 4.78 is 31.9. The summed E-state index contributed by atoms with van der Waals surface area (Å²) in [6, 6.07) is 7.29. The van der Waals surface area contributed by atoms with E-state index in [0.717, 1.165) is 5.56 Å². The summed E-state index contributed by atoms with van der Waals surface area (Å²) in [5.41, 5.74) is 0.935. The first-order valence-corrected chi connectivity index (χ1v) is 9.35. The van der Waals surface area contributed by atoms with Crippen molar-refractivity contribution in [3.63, 3.8) is 0 Å². The number of rotatable bonds is 5. The molecule has 1 aromatic rings. The van der Waals surface area contributed by atoms with Crippen molar-refractivity contribution in [3.05, 3.63) is 34.9 Å². The van der Waals surface area contributed by atoms with Crippen molar-refractivity contribution in [1.29, 1.82) is 0 Å². The van der Waals surface area contributed by atoms with E-state index in [1.54, 1.807) is 12.1 Å². The SMILES string of the molecule is CC(CCl)CS(=O)(=O)N1CCOC(c2ccc(Cl)cc2)C1. The Hall–Kier alpha value is -0.330. The van der Waals surface area contributed by atoms with E-state index in [1.807, 2.05) is 19.1 Å². The van der Waals surface area contributed by atoms with Crippen LogP contribution >= 0.6 is 23.2 Å². The highest BCUT2D eigenvalue weighted by atomic mass is 35.5. The van der Waals surface area contributed by atoms with Crippen molar-refractivity contribution in [2.24, 2.45) is 5.92 Å². The second-order valence-electron chi connectivity index (χ2n) is 5.31. The summed E-state index contributed by atoms with van der Waals surface area (Å²) in [4.78, 5) is 0. The predicted octanol–water partition coefficient (Wildman–Crippen LogP) is 2.92. The Morgan fingerprint density at radius 2 is 2.05 bits per heavy atom. The molecular formula is C14H19Cl2NO3S. The molecule has 0 aliphatic carbocycles. The average molecular weight is 352 g/mol. The maximum atomic E-state index is 12.4. The van der Waals surface area contributed by atoms with Gasteiger partial charge in [0.05, 0.1) is 18.5 Å². The molecule has 0 saturated carbocycles. The molecule has 1 saturated heterocycles. The van der Waals surface area contributed by atoms with Crippen molar-refractivity contribution < 1.29 is 13.2 Å². The van der Waals surface area contributed by atoms with Crippen LogP contribution in [0, 0.1) is 5.92 Å². The number of nitrogens with zero attached hydrogens (tertiary/aromatic N) is 1. The maximum absolute atomic E-state index is 12.4. The van der Waals surface area contributed by atoms with E-state index in [0.29, 0.717) is 30.6 Å². The molecule has 4 nitrogen and oxygen atoms in total. The molecule has 1 aliphatic rings. The molecule has 1 aliphatic heterocycles. The molecule has 0 N–H and O–H groups in total. The highest BCUT2D eigenvalue weighted by Gasteiger charge is 2.31. The van der Waals surface area contributed by atoms with Crippen molar-refractivity contribution in [2.75, 3.05) is 31.3 Å². The van der Waals surface area contributed by atoms with Crippen molar-refractivity contribution >= 4 is 33.2 Å². The third-order valence-corrected chi connectivity index (χ3v) is 6.31. The molecule has 0 aromatic heterocycles. The van der Waals surface area contributed by atoms with E-state index in [4.69, 9.17) is 27.9 Å². The number of sulfonamides is 1. The molecular weight excluding hydrogens is 333 g/mol. The van der Waals surface area contributed by atoms with Crippen molar-refractivity contribution in [3.8, 4) is 0 Å². The third-order valence-electron chi connectivity index (χ3n) is 3.42. The van der Waals surface area contributed by atoms with Crippen LogP contribution in [0.2, 0.25) is 5.02 Å². The fraction of sp³-hybridized carbons (Fsp3) is 0.571. The van der Waals surface area contributed by atoms with Crippen LogP contribution in [-0.2, 0) is 14.8 Å². The van der Waals surface area contributed by atoms with Gasteiger partial charge in [-0.2, -0.15) is 4.31 Å². The van der Waals surface area contributed by atoms with E-state index in [9.17, 15) is 8.42 Å². The van der Waals surface area contributed by atoms with E-state index < -0.39 is 10.0 Å². The van der Waals surface area contributed by atoms with Gasteiger partial charge in [0.15, 0.2) is 0 Å². The van der Waals surface area contributed by atoms with Gasteiger partial charge in [-0.15, -0.1) is 11.6 Å². The zero-order valence-electron chi connectivity index (χ0n) is 11.8. The van der Waals surface area contributed by atoms with Crippen LogP contribution in [0.15, 0.2) is 24.3 Å². The number of morpholine rings is 1. The molecule has 118 valence electrons. The van der Waals surface area contributed by atoms with Crippen LogP contribution in [0.25, 0.3) is 0 Å². The lowest BCUT2D eigenvalue weighted by molar-refractivity contribution is -0.00261. The second-order valence-corrected chi connectivity index (χ2v) is 8.07. The van der Waals surface area contributed by atoms with Crippen LogP contribution in [0.3, 0.4) is 0 Å². The number of alkyl halides is 1. The Kier molecular flexibility index (Phi) is 5.91. The molecule has 21 heavy (non-hydrogen) atoms. The Morgan fingerprint density at radius 1 is 1.38 bits per heavy atom. The van der Waals surface area contributed by atoms with Gasteiger partial charge in [0, 0.05) is 24.0 Å². The summed E-state index contributed by atoms with van der Waals surface area (Å²) in [6.45, 7) is 2.95. The van der Waals surface area contributed by atoms with E-state index in [1.165, 1.54) is 4.31 Å². The van der Waals surface area contributed by atoms with Gasteiger partial charge in [-0.1, -0.05) is 30.7 Å². The van der Waals surface area contributed by atoms with E-state index >= 15 is 0 Å². The largest absolute Gasteiger partial charge is 0.371 e. The van der Waals surface area contributed by atoms with Crippen molar-refractivity contribution in [1.82, 2.24) is 4.31 Å². The topological polar surface area (TPSA) is 46.6 Å². The van der Waals surface area contributed by atoms with Crippen LogP contribution in [0.4, 0.5) is 0 Å². The quantitative estimate of drug-likeness (QED) is 0.766. The molecule has 1 heterocycles. The van der Waals surface area contributed by atoms with Gasteiger partial charge in [-0.3, -0.25) is 0 Å². The first-order chi connectivity index (χ1) is 9.92. The molecule has 7 heteroatoms. The molecule has 0 spiro atoms. The number of ether oxygens (including phenoxy) is 1. The molecule has 0 bridgehead atoms. The first kappa shape index (κ1) is 17.0. The Balaban J connectivity index is 2.08. The maximum Gasteiger partial charge on any atom is 0.214 e. The Bertz CT molecular complexity index is 562. The molecule has 2 atom stereocenters. The molecule has 1 aromatic carbocycles. The van der Waals surface area contributed by atoms with Crippen LogP contribution in [0.5, 0.6) is 0 Å². The van der Waals surface area contributed by atoms with Gasteiger partial charge in [0.1, 0.15) is 0 Å². The normalized spacial score (nSPS) is 22.1. The summed E-state index contributed by atoms with van der Waals surface area (Å²) in [6.07, 6.45) is -0.253. The lowest BCUT2D eigenvalue weighted by Crippen LogP contribution is -2.44. The van der Waals surface area contributed by atoms with Gasteiger partial charge in [0.25, 0.3) is 0 Å². The Labute approximate surface area is 136 Å². The average Bonchev–Trinajstić information content (AvgIpc) is 2.47. The number of halogens is 2. The van der Waals surface area contributed by atoms with Crippen molar-refractivity contribution in [2.45, 2.75) is 13.0 Å². The fourth-order valence-electron chi connectivity index (χ4n) is 2.27. The summed E-state index contributed by atoms with van der Waals surface area (Å²) >= 11 is 11.6. The van der Waals surface area contributed by atoms with Gasteiger partial charge in [-0.05, 0) is 23.6 Å². The third kappa shape index (κ3) is 4.57. The fourth-order valence-corrected chi connectivity index (χ4v) is 4.39. The smallest absolute Gasteiger partial charge is 0.214 e. The van der Waals surface area contributed by atoms with Gasteiger partial charge in [0.2, 0.25) is 10.0 Å². The minimum Gasteiger partial charge on any atom is -0.371 e. The molecule has 0 amide bonds. The number of benzene rings is 1. The number of hydrogen-bond acceptors (Lipinski definition) is 3. The highest BCUT2D eigenvalue weighted by Crippen LogP contribution is 2.25. The molecule has 0 radical (unpaired) electrons. The van der Waals surface area contributed by atoms with E-state index in [2.05, 4.69) is 0 Å². The number of hydrogen-bond donors (Lipinski definition) is 0.